The Labute approximate surface area is 125 Å². The van der Waals surface area contributed by atoms with E-state index < -0.39 is 5.82 Å². The molecule has 1 N–H and O–H groups in total. The second-order valence-corrected chi connectivity index (χ2v) is 5.22. The first-order chi connectivity index (χ1) is 10.1. The Hall–Kier alpha value is -2.16. The second-order valence-electron chi connectivity index (χ2n) is 5.22. The summed E-state index contributed by atoms with van der Waals surface area (Å²) >= 11 is 0. The van der Waals surface area contributed by atoms with Crippen LogP contribution in [0, 0.1) is 12.7 Å². The van der Waals surface area contributed by atoms with Crippen molar-refractivity contribution in [1.29, 1.82) is 0 Å². The van der Waals surface area contributed by atoms with Gasteiger partial charge in [-0.1, -0.05) is 49.7 Å². The lowest BCUT2D eigenvalue weighted by Crippen LogP contribution is -2.21. The van der Waals surface area contributed by atoms with Crippen molar-refractivity contribution in [3.05, 3.63) is 65.5 Å². The van der Waals surface area contributed by atoms with Gasteiger partial charge in [-0.05, 0) is 36.6 Å². The summed E-state index contributed by atoms with van der Waals surface area (Å²) in [6.45, 7) is 3.91. The fourth-order valence-electron chi connectivity index (χ4n) is 2.38. The number of carbonyl (C=O) groups excluding carboxylic acids is 1. The van der Waals surface area contributed by atoms with E-state index in [-0.39, 0.29) is 17.5 Å². The maximum absolute atomic E-state index is 13.8. The second kappa shape index (κ2) is 7.02. The average molecular weight is 285 g/mol. The van der Waals surface area contributed by atoms with Crippen LogP contribution in [0.25, 0.3) is 0 Å². The molecule has 1 atom stereocenters. The number of benzene rings is 2. The molecular weight excluding hydrogens is 265 g/mol. The van der Waals surface area contributed by atoms with Crippen LogP contribution in [0.4, 0.5) is 10.1 Å². The van der Waals surface area contributed by atoms with Gasteiger partial charge in [0, 0.05) is 0 Å². The van der Waals surface area contributed by atoms with Gasteiger partial charge in [-0.3, -0.25) is 4.79 Å². The number of rotatable bonds is 5. The predicted molar refractivity (Wildman–Crippen MR) is 83.9 cm³/mol. The lowest BCUT2D eigenvalue weighted by Gasteiger charge is -2.17. The maximum atomic E-state index is 13.8. The molecule has 2 aromatic rings. The third kappa shape index (κ3) is 3.91. The zero-order chi connectivity index (χ0) is 15.2. The van der Waals surface area contributed by atoms with Gasteiger partial charge < -0.3 is 5.32 Å². The van der Waals surface area contributed by atoms with Gasteiger partial charge in [0.2, 0.25) is 5.91 Å². The summed E-state index contributed by atoms with van der Waals surface area (Å²) in [5.74, 6) is -0.819. The lowest BCUT2D eigenvalue weighted by molar-refractivity contribution is -0.117. The van der Waals surface area contributed by atoms with Gasteiger partial charge in [0.05, 0.1) is 11.6 Å². The van der Waals surface area contributed by atoms with Crippen molar-refractivity contribution >= 4 is 11.6 Å². The summed E-state index contributed by atoms with van der Waals surface area (Å²) in [7, 11) is 0. The number of nitrogens with one attached hydrogen (secondary N) is 1. The summed E-state index contributed by atoms with van der Waals surface area (Å²) in [5, 5.41) is 2.72. The van der Waals surface area contributed by atoms with Crippen molar-refractivity contribution in [2.75, 3.05) is 5.32 Å². The molecule has 0 aromatic heterocycles. The highest BCUT2D eigenvalue weighted by Crippen LogP contribution is 2.24. The monoisotopic (exact) mass is 285 g/mol. The Morgan fingerprint density at radius 2 is 1.90 bits per heavy atom. The molecule has 0 spiro atoms. The molecule has 0 radical (unpaired) electrons. The Balaban J connectivity index is 2.21. The van der Waals surface area contributed by atoms with E-state index >= 15 is 0 Å². The zero-order valence-electron chi connectivity index (χ0n) is 12.4. The quantitative estimate of drug-likeness (QED) is 0.850. The molecule has 0 saturated carbocycles. The minimum absolute atomic E-state index is 0.160. The van der Waals surface area contributed by atoms with Gasteiger partial charge in [-0.2, -0.15) is 0 Å². The Bertz CT molecular complexity index is 610. The molecule has 110 valence electrons. The molecule has 0 saturated heterocycles. The summed E-state index contributed by atoms with van der Waals surface area (Å²) < 4.78 is 13.8. The maximum Gasteiger partial charge on any atom is 0.231 e. The first-order valence-corrected chi connectivity index (χ1v) is 7.23. The average Bonchev–Trinajstić information content (AvgIpc) is 2.49. The minimum atomic E-state index is -0.405. The van der Waals surface area contributed by atoms with Crippen molar-refractivity contribution in [2.24, 2.45) is 0 Å². The molecule has 0 aliphatic heterocycles. The first kappa shape index (κ1) is 15.2. The highest BCUT2D eigenvalue weighted by Gasteiger charge is 2.20. The van der Waals surface area contributed by atoms with E-state index in [9.17, 15) is 9.18 Å². The van der Waals surface area contributed by atoms with Crippen LogP contribution in [0.15, 0.2) is 48.5 Å². The van der Waals surface area contributed by atoms with Crippen LogP contribution >= 0.6 is 0 Å². The molecule has 3 heteroatoms. The van der Waals surface area contributed by atoms with E-state index in [4.69, 9.17) is 0 Å². The molecule has 2 rings (SSSR count). The van der Waals surface area contributed by atoms with Gasteiger partial charge in [-0.25, -0.2) is 4.39 Å². The van der Waals surface area contributed by atoms with Crippen LogP contribution in [0.3, 0.4) is 0 Å². The Morgan fingerprint density at radius 1 is 1.19 bits per heavy atom. The van der Waals surface area contributed by atoms with E-state index in [2.05, 4.69) is 5.32 Å². The fraction of sp³-hybridized carbons (Fsp3) is 0.278. The molecule has 0 fully saturated rings. The van der Waals surface area contributed by atoms with Crippen molar-refractivity contribution in [2.45, 2.75) is 32.6 Å². The normalized spacial score (nSPS) is 12.0. The van der Waals surface area contributed by atoms with Gasteiger partial charge in [0.15, 0.2) is 0 Å². The van der Waals surface area contributed by atoms with Crippen LogP contribution in [-0.4, -0.2) is 5.91 Å². The van der Waals surface area contributed by atoms with Crippen molar-refractivity contribution in [3.8, 4) is 0 Å². The Morgan fingerprint density at radius 3 is 2.57 bits per heavy atom. The van der Waals surface area contributed by atoms with Crippen LogP contribution < -0.4 is 5.32 Å². The highest BCUT2D eigenvalue weighted by molar-refractivity contribution is 5.96. The number of hydrogen-bond acceptors (Lipinski definition) is 1. The summed E-state index contributed by atoms with van der Waals surface area (Å²) in [5.41, 5.74) is 2.13. The van der Waals surface area contributed by atoms with E-state index in [1.54, 1.807) is 12.1 Å². The highest BCUT2D eigenvalue weighted by atomic mass is 19.1. The molecule has 1 amide bonds. The smallest absolute Gasteiger partial charge is 0.231 e. The van der Waals surface area contributed by atoms with E-state index in [0.717, 1.165) is 24.0 Å². The van der Waals surface area contributed by atoms with Gasteiger partial charge >= 0.3 is 0 Å². The Kier molecular flexibility index (Phi) is 5.09. The molecule has 0 aliphatic carbocycles. The predicted octanol–water partition coefficient (Wildman–Crippen LogP) is 4.66. The largest absolute Gasteiger partial charge is 0.323 e. The van der Waals surface area contributed by atoms with Crippen molar-refractivity contribution in [3.63, 3.8) is 0 Å². The van der Waals surface area contributed by atoms with Crippen LogP contribution in [-0.2, 0) is 4.79 Å². The van der Waals surface area contributed by atoms with Crippen molar-refractivity contribution in [1.82, 2.24) is 0 Å². The molecule has 2 nitrogen and oxygen atoms in total. The van der Waals surface area contributed by atoms with Gasteiger partial charge in [0.1, 0.15) is 5.82 Å². The number of hydrogen-bond donors (Lipinski definition) is 1. The standard InChI is InChI=1S/C18H20FNO/c1-3-7-15(14-8-5-4-6-9-14)18(21)20-17-12-13(2)10-11-16(17)19/h4-6,8-12,15H,3,7H2,1-2H3,(H,20,21)/t15-/m1/s1. The molecule has 0 unspecified atom stereocenters. The minimum Gasteiger partial charge on any atom is -0.323 e. The van der Waals surface area contributed by atoms with Crippen LogP contribution in [0.1, 0.15) is 36.8 Å². The number of aryl methyl sites for hydroxylation is 1. The molecule has 2 aromatic carbocycles. The van der Waals surface area contributed by atoms with Crippen LogP contribution in [0.5, 0.6) is 0 Å². The number of carbonyl (C=O) groups is 1. The number of amides is 1. The van der Waals surface area contributed by atoms with Crippen LogP contribution in [0.2, 0.25) is 0 Å². The molecule has 21 heavy (non-hydrogen) atoms. The summed E-state index contributed by atoms with van der Waals surface area (Å²) in [6.07, 6.45) is 1.63. The SMILES string of the molecule is CCC[C@@H](C(=O)Nc1cc(C)ccc1F)c1ccccc1. The molecule has 0 aliphatic rings. The molecular formula is C18H20FNO. The zero-order valence-corrected chi connectivity index (χ0v) is 12.4. The fourth-order valence-corrected chi connectivity index (χ4v) is 2.38. The first-order valence-electron chi connectivity index (χ1n) is 7.23. The van der Waals surface area contributed by atoms with E-state index in [1.807, 2.05) is 44.2 Å². The molecule has 0 bridgehead atoms. The summed E-state index contributed by atoms with van der Waals surface area (Å²) in [6, 6.07) is 14.3. The molecule has 0 heterocycles. The summed E-state index contributed by atoms with van der Waals surface area (Å²) in [4.78, 5) is 12.5. The van der Waals surface area contributed by atoms with Crippen molar-refractivity contribution < 1.29 is 9.18 Å². The van der Waals surface area contributed by atoms with Gasteiger partial charge in [0.25, 0.3) is 0 Å². The van der Waals surface area contributed by atoms with E-state index in [0.29, 0.717) is 0 Å². The van der Waals surface area contributed by atoms with E-state index in [1.165, 1.54) is 6.07 Å². The third-order valence-corrected chi connectivity index (χ3v) is 3.48. The number of anilines is 1. The number of halogens is 1. The van der Waals surface area contributed by atoms with Gasteiger partial charge in [-0.15, -0.1) is 0 Å². The lowest BCUT2D eigenvalue weighted by atomic mass is 9.93. The topological polar surface area (TPSA) is 29.1 Å². The third-order valence-electron chi connectivity index (χ3n) is 3.48.